The molecule has 2 unspecified atom stereocenters. The summed E-state index contributed by atoms with van der Waals surface area (Å²) in [6, 6.07) is 2.19. The largest absolute Gasteiger partial charge is 0.460 e. The van der Waals surface area contributed by atoms with E-state index in [0.717, 1.165) is 24.9 Å². The molecule has 0 saturated heterocycles. The van der Waals surface area contributed by atoms with Gasteiger partial charge in [-0.25, -0.2) is 4.79 Å². The van der Waals surface area contributed by atoms with Gasteiger partial charge in [-0.15, -0.1) is 0 Å². The van der Waals surface area contributed by atoms with Crippen molar-refractivity contribution in [3.63, 3.8) is 0 Å². The predicted octanol–water partition coefficient (Wildman–Crippen LogP) is 4.46. The van der Waals surface area contributed by atoms with E-state index >= 15 is 0 Å². The van der Waals surface area contributed by atoms with Gasteiger partial charge in [-0.05, 0) is 76.9 Å². The Morgan fingerprint density at radius 3 is 2.03 bits per heavy atom. The van der Waals surface area contributed by atoms with E-state index in [-0.39, 0.29) is 19.8 Å². The van der Waals surface area contributed by atoms with E-state index in [2.05, 4.69) is 45.9 Å². The Morgan fingerprint density at radius 1 is 0.882 bits per heavy atom. The Morgan fingerprint density at radius 2 is 1.47 bits per heavy atom. The molecule has 2 atom stereocenters. The molecule has 0 fully saturated rings. The lowest BCUT2D eigenvalue weighted by Crippen LogP contribution is -2.49. The SMILES string of the molecule is C=C(C)C(=O)OCC(O)CCCC(O)COCCC[Si](C)(C)O[Si](C)(C)C[Si](C)(C)CCCO. The van der Waals surface area contributed by atoms with Gasteiger partial charge in [-0.2, -0.15) is 0 Å². The summed E-state index contributed by atoms with van der Waals surface area (Å²) in [7, 11) is -4.87. The summed E-state index contributed by atoms with van der Waals surface area (Å²) in [6.07, 6.45) is 2.14. The summed E-state index contributed by atoms with van der Waals surface area (Å²) in [5, 5.41) is 29.1. The van der Waals surface area contributed by atoms with Crippen molar-refractivity contribution in [3.8, 4) is 0 Å². The summed E-state index contributed by atoms with van der Waals surface area (Å²) >= 11 is 0. The van der Waals surface area contributed by atoms with Crippen molar-refractivity contribution in [1.82, 2.24) is 0 Å². The normalized spacial score (nSPS) is 14.6. The molecular formula is C24H52O7Si3. The molecule has 0 aromatic carbocycles. The van der Waals surface area contributed by atoms with Crippen molar-refractivity contribution < 1.29 is 33.7 Å². The summed E-state index contributed by atoms with van der Waals surface area (Å²) in [6.45, 7) is 20.3. The number of carbonyl (C=O) groups is 1. The van der Waals surface area contributed by atoms with Gasteiger partial charge >= 0.3 is 5.97 Å². The molecule has 0 rings (SSSR count). The molecule has 34 heavy (non-hydrogen) atoms. The molecule has 10 heteroatoms. The molecule has 0 radical (unpaired) electrons. The number of ether oxygens (including phenoxy) is 2. The van der Waals surface area contributed by atoms with E-state index in [1.807, 2.05) is 0 Å². The van der Waals surface area contributed by atoms with Gasteiger partial charge < -0.3 is 28.9 Å². The average Bonchev–Trinajstić information content (AvgIpc) is 2.68. The third-order valence-electron chi connectivity index (χ3n) is 5.68. The molecule has 0 heterocycles. The van der Waals surface area contributed by atoms with Crippen LogP contribution in [-0.4, -0.2) is 84.6 Å². The highest BCUT2D eigenvalue weighted by atomic mass is 28.4. The Hall–Kier alpha value is -0.339. The zero-order valence-corrected chi connectivity index (χ0v) is 25.8. The first-order valence-electron chi connectivity index (χ1n) is 12.7. The molecule has 0 amide bonds. The number of esters is 1. The molecule has 3 N–H and O–H groups in total. The quantitative estimate of drug-likeness (QED) is 0.0913. The van der Waals surface area contributed by atoms with Crippen molar-refractivity contribution in [2.45, 2.75) is 108 Å². The molecule has 0 aliphatic heterocycles. The fraction of sp³-hybridized carbons (Fsp3) is 0.875. The minimum absolute atomic E-state index is 0.0535. The smallest absolute Gasteiger partial charge is 0.333 e. The third-order valence-corrected chi connectivity index (χ3v) is 20.6. The van der Waals surface area contributed by atoms with Gasteiger partial charge in [-0.1, -0.05) is 25.7 Å². The van der Waals surface area contributed by atoms with Crippen LogP contribution in [-0.2, 0) is 18.4 Å². The number of hydrogen-bond acceptors (Lipinski definition) is 7. The van der Waals surface area contributed by atoms with Crippen LogP contribution in [0.4, 0.5) is 0 Å². The maximum absolute atomic E-state index is 11.3. The van der Waals surface area contributed by atoms with E-state index in [9.17, 15) is 15.0 Å². The number of aliphatic hydroxyl groups is 3. The molecule has 0 aromatic rings. The van der Waals surface area contributed by atoms with Crippen LogP contribution < -0.4 is 0 Å². The monoisotopic (exact) mass is 536 g/mol. The van der Waals surface area contributed by atoms with Crippen LogP contribution in [0, 0.1) is 0 Å². The minimum atomic E-state index is -1.78. The molecule has 0 aliphatic rings. The molecule has 0 saturated carbocycles. The molecule has 0 aliphatic carbocycles. The highest BCUT2D eigenvalue weighted by Gasteiger charge is 2.37. The second-order valence-corrected chi connectivity index (χ2v) is 26.2. The maximum atomic E-state index is 11.3. The second-order valence-electron chi connectivity index (χ2n) is 11.6. The van der Waals surface area contributed by atoms with Gasteiger partial charge in [0.25, 0.3) is 0 Å². The summed E-state index contributed by atoms with van der Waals surface area (Å²) in [4.78, 5) is 11.3. The van der Waals surface area contributed by atoms with Crippen molar-refractivity contribution in [2.24, 2.45) is 0 Å². The van der Waals surface area contributed by atoms with Crippen molar-refractivity contribution in [2.75, 3.05) is 26.4 Å². The molecule has 0 bridgehead atoms. The van der Waals surface area contributed by atoms with Crippen molar-refractivity contribution in [3.05, 3.63) is 12.2 Å². The van der Waals surface area contributed by atoms with Gasteiger partial charge in [0.15, 0.2) is 16.6 Å². The standard InChI is InChI=1S/C24H52O7Si3/c1-21(2)24(28)30-19-23(27)13-9-12-22(26)18-29-15-11-17-33(5,6)31-34(7,8)20-32(3,4)16-10-14-25/h22-23,25-27H,1,9-20H2,2-8H3. The maximum Gasteiger partial charge on any atom is 0.333 e. The van der Waals surface area contributed by atoms with Crippen LogP contribution in [0.25, 0.3) is 0 Å². The average molecular weight is 537 g/mol. The van der Waals surface area contributed by atoms with Crippen molar-refractivity contribution >= 4 is 30.7 Å². The Balaban J connectivity index is 4.07. The Labute approximate surface area is 211 Å². The van der Waals surface area contributed by atoms with Crippen LogP contribution in [0.1, 0.15) is 39.0 Å². The third kappa shape index (κ3) is 18.0. The summed E-state index contributed by atoms with van der Waals surface area (Å²) in [5.74, 6) is -0.501. The van der Waals surface area contributed by atoms with Crippen molar-refractivity contribution in [1.29, 1.82) is 0 Å². The van der Waals surface area contributed by atoms with E-state index in [1.165, 1.54) is 5.67 Å². The molecule has 0 spiro atoms. The molecule has 202 valence electrons. The second kappa shape index (κ2) is 16.4. The number of carbonyl (C=O) groups excluding carboxylic acids is 1. The van der Waals surface area contributed by atoms with Gasteiger partial charge in [0.2, 0.25) is 0 Å². The van der Waals surface area contributed by atoms with Crippen LogP contribution in [0.15, 0.2) is 12.2 Å². The number of rotatable bonds is 20. The Bertz CT molecular complexity index is 597. The fourth-order valence-electron chi connectivity index (χ4n) is 4.50. The highest BCUT2D eigenvalue weighted by Crippen LogP contribution is 2.29. The Kier molecular flexibility index (Phi) is 16.3. The zero-order chi connectivity index (χ0) is 26.4. The number of aliphatic hydroxyl groups excluding tert-OH is 3. The lowest BCUT2D eigenvalue weighted by molar-refractivity contribution is -0.142. The van der Waals surface area contributed by atoms with E-state index < -0.39 is 42.9 Å². The molecular weight excluding hydrogens is 485 g/mol. The molecule has 0 aromatic heterocycles. The van der Waals surface area contributed by atoms with E-state index in [1.54, 1.807) is 6.92 Å². The van der Waals surface area contributed by atoms with Gasteiger partial charge in [0.05, 0.1) is 18.8 Å². The summed E-state index contributed by atoms with van der Waals surface area (Å²) in [5.41, 5.74) is 1.53. The minimum Gasteiger partial charge on any atom is -0.460 e. The van der Waals surface area contributed by atoms with Gasteiger partial charge in [0.1, 0.15) is 6.61 Å². The topological polar surface area (TPSA) is 105 Å². The van der Waals surface area contributed by atoms with Gasteiger partial charge in [0, 0.05) is 26.9 Å². The zero-order valence-electron chi connectivity index (χ0n) is 22.8. The van der Waals surface area contributed by atoms with Crippen LogP contribution >= 0.6 is 0 Å². The van der Waals surface area contributed by atoms with Gasteiger partial charge in [-0.3, -0.25) is 0 Å². The highest BCUT2D eigenvalue weighted by molar-refractivity contribution is 6.96. The lowest BCUT2D eigenvalue weighted by Gasteiger charge is -2.38. The predicted molar refractivity (Wildman–Crippen MR) is 147 cm³/mol. The molecule has 7 nitrogen and oxygen atoms in total. The van der Waals surface area contributed by atoms with E-state index in [0.29, 0.717) is 31.4 Å². The first-order chi connectivity index (χ1) is 15.6. The number of hydrogen-bond donors (Lipinski definition) is 3. The lowest BCUT2D eigenvalue weighted by atomic mass is 10.1. The summed E-state index contributed by atoms with van der Waals surface area (Å²) < 4.78 is 17.4. The van der Waals surface area contributed by atoms with Crippen LogP contribution in [0.2, 0.25) is 57.0 Å². The van der Waals surface area contributed by atoms with Crippen LogP contribution in [0.3, 0.4) is 0 Å². The first-order valence-corrected chi connectivity index (χ1v) is 22.3. The first kappa shape index (κ1) is 33.7. The van der Waals surface area contributed by atoms with Crippen LogP contribution in [0.5, 0.6) is 0 Å². The van der Waals surface area contributed by atoms with E-state index in [4.69, 9.17) is 18.7 Å². The fourth-order valence-corrected chi connectivity index (χ4v) is 23.9.